The van der Waals surface area contributed by atoms with Crippen molar-refractivity contribution in [2.75, 3.05) is 20.0 Å². The molecule has 0 aliphatic rings. The van der Waals surface area contributed by atoms with E-state index in [2.05, 4.69) is 0 Å². The summed E-state index contributed by atoms with van der Waals surface area (Å²) in [4.78, 5) is 0. The fourth-order valence-electron chi connectivity index (χ4n) is 1.54. The van der Waals surface area contributed by atoms with Crippen molar-refractivity contribution < 1.29 is 14.2 Å². The van der Waals surface area contributed by atoms with Gasteiger partial charge in [0.15, 0.2) is 11.5 Å². The zero-order chi connectivity index (χ0) is 13.0. The molecule has 0 heterocycles. The number of benzene rings is 2. The SMILES string of the molecule is COc1ccc(Oc2cc(N)ccc2OC)cc1.Cl. The van der Waals surface area contributed by atoms with Crippen LogP contribution in [0.1, 0.15) is 0 Å². The Morgan fingerprint density at radius 3 is 2.00 bits per heavy atom. The predicted octanol–water partition coefficient (Wildman–Crippen LogP) is 3.50. The van der Waals surface area contributed by atoms with Crippen molar-refractivity contribution in [1.82, 2.24) is 0 Å². The second-order valence-corrected chi connectivity index (χ2v) is 3.69. The summed E-state index contributed by atoms with van der Waals surface area (Å²) < 4.78 is 16.0. The zero-order valence-corrected chi connectivity index (χ0v) is 11.6. The zero-order valence-electron chi connectivity index (χ0n) is 10.8. The molecule has 0 saturated carbocycles. The molecule has 0 aliphatic heterocycles. The molecule has 0 saturated heterocycles. The third-order valence-corrected chi connectivity index (χ3v) is 2.47. The van der Waals surface area contributed by atoms with Gasteiger partial charge in [0.2, 0.25) is 0 Å². The van der Waals surface area contributed by atoms with Gasteiger partial charge in [-0.25, -0.2) is 0 Å². The summed E-state index contributed by atoms with van der Waals surface area (Å²) >= 11 is 0. The Morgan fingerprint density at radius 2 is 1.42 bits per heavy atom. The minimum atomic E-state index is 0. The van der Waals surface area contributed by atoms with E-state index in [4.69, 9.17) is 19.9 Å². The second-order valence-electron chi connectivity index (χ2n) is 3.69. The Hall–Kier alpha value is -2.07. The number of ether oxygens (including phenoxy) is 3. The number of methoxy groups -OCH3 is 2. The summed E-state index contributed by atoms with van der Waals surface area (Å²) in [6.45, 7) is 0. The largest absolute Gasteiger partial charge is 0.497 e. The highest BCUT2D eigenvalue weighted by Crippen LogP contribution is 2.33. The van der Waals surface area contributed by atoms with E-state index in [-0.39, 0.29) is 12.4 Å². The fraction of sp³-hybridized carbons (Fsp3) is 0.143. The van der Waals surface area contributed by atoms with Crippen molar-refractivity contribution in [3.63, 3.8) is 0 Å². The third kappa shape index (κ3) is 3.69. The number of hydrogen-bond acceptors (Lipinski definition) is 4. The van der Waals surface area contributed by atoms with Crippen LogP contribution in [-0.4, -0.2) is 14.2 Å². The van der Waals surface area contributed by atoms with Crippen LogP contribution in [0, 0.1) is 0 Å². The minimum absolute atomic E-state index is 0. The normalized spacial score (nSPS) is 9.37. The van der Waals surface area contributed by atoms with E-state index in [1.54, 1.807) is 32.4 Å². The summed E-state index contributed by atoms with van der Waals surface area (Å²) in [5.74, 6) is 2.70. The molecule has 0 radical (unpaired) electrons. The lowest BCUT2D eigenvalue weighted by Crippen LogP contribution is -1.93. The van der Waals surface area contributed by atoms with E-state index in [0.717, 1.165) is 5.75 Å². The molecule has 0 aliphatic carbocycles. The standard InChI is InChI=1S/C14H15NO3.ClH/c1-16-11-4-6-12(7-5-11)18-14-9-10(15)3-8-13(14)17-2;/h3-9H,15H2,1-2H3;1H. The molecule has 0 fully saturated rings. The highest BCUT2D eigenvalue weighted by atomic mass is 35.5. The van der Waals surface area contributed by atoms with Crippen LogP contribution in [0.4, 0.5) is 5.69 Å². The topological polar surface area (TPSA) is 53.7 Å². The van der Waals surface area contributed by atoms with E-state index in [1.807, 2.05) is 24.3 Å². The van der Waals surface area contributed by atoms with E-state index in [9.17, 15) is 0 Å². The molecule has 2 N–H and O–H groups in total. The smallest absolute Gasteiger partial charge is 0.171 e. The van der Waals surface area contributed by atoms with Gasteiger partial charge in [0.25, 0.3) is 0 Å². The average molecular weight is 282 g/mol. The Morgan fingerprint density at radius 1 is 0.789 bits per heavy atom. The van der Waals surface area contributed by atoms with Crippen LogP contribution >= 0.6 is 12.4 Å². The lowest BCUT2D eigenvalue weighted by molar-refractivity contribution is 0.378. The molecule has 0 bridgehead atoms. The highest BCUT2D eigenvalue weighted by Gasteiger charge is 2.06. The molecule has 0 spiro atoms. The van der Waals surface area contributed by atoms with Gasteiger partial charge in [-0.1, -0.05) is 0 Å². The van der Waals surface area contributed by atoms with Crippen molar-refractivity contribution in [2.24, 2.45) is 0 Å². The molecular weight excluding hydrogens is 266 g/mol. The van der Waals surface area contributed by atoms with E-state index >= 15 is 0 Å². The van der Waals surface area contributed by atoms with Crippen LogP contribution in [0.5, 0.6) is 23.0 Å². The van der Waals surface area contributed by atoms with Crippen molar-refractivity contribution in [2.45, 2.75) is 0 Å². The molecule has 0 unspecified atom stereocenters. The summed E-state index contributed by atoms with van der Waals surface area (Å²) in [7, 11) is 3.21. The summed E-state index contributed by atoms with van der Waals surface area (Å²) in [5.41, 5.74) is 6.35. The van der Waals surface area contributed by atoms with Gasteiger partial charge in [0, 0.05) is 11.8 Å². The molecule has 4 nitrogen and oxygen atoms in total. The summed E-state index contributed by atoms with van der Waals surface area (Å²) in [6, 6.07) is 12.6. The van der Waals surface area contributed by atoms with Gasteiger partial charge in [0.1, 0.15) is 11.5 Å². The second kappa shape index (κ2) is 6.75. The lowest BCUT2D eigenvalue weighted by Gasteiger charge is -2.11. The van der Waals surface area contributed by atoms with Gasteiger partial charge >= 0.3 is 0 Å². The van der Waals surface area contributed by atoms with Crippen molar-refractivity contribution >= 4 is 18.1 Å². The van der Waals surface area contributed by atoms with Crippen LogP contribution in [0.25, 0.3) is 0 Å². The Labute approximate surface area is 118 Å². The molecular formula is C14H16ClNO3. The number of rotatable bonds is 4. The Bertz CT molecular complexity index is 529. The van der Waals surface area contributed by atoms with Gasteiger partial charge in [-0.05, 0) is 36.4 Å². The Kier molecular flexibility index (Phi) is 5.33. The molecule has 102 valence electrons. The number of nitrogens with two attached hydrogens (primary N) is 1. The highest BCUT2D eigenvalue weighted by molar-refractivity contribution is 5.85. The van der Waals surface area contributed by atoms with Crippen LogP contribution in [0.2, 0.25) is 0 Å². The number of halogens is 1. The molecule has 19 heavy (non-hydrogen) atoms. The van der Waals surface area contributed by atoms with Gasteiger partial charge in [-0.15, -0.1) is 12.4 Å². The molecule has 0 amide bonds. The van der Waals surface area contributed by atoms with Gasteiger partial charge in [0.05, 0.1) is 14.2 Å². The number of anilines is 1. The van der Waals surface area contributed by atoms with Crippen LogP contribution in [0.3, 0.4) is 0 Å². The first-order valence-corrected chi connectivity index (χ1v) is 5.48. The molecule has 2 rings (SSSR count). The first kappa shape index (κ1) is 15.0. The maximum Gasteiger partial charge on any atom is 0.171 e. The number of hydrogen-bond donors (Lipinski definition) is 1. The first-order valence-electron chi connectivity index (χ1n) is 5.48. The lowest BCUT2D eigenvalue weighted by atomic mass is 10.2. The maximum atomic E-state index is 5.73. The summed E-state index contributed by atoms with van der Waals surface area (Å²) in [6.07, 6.45) is 0. The average Bonchev–Trinajstić information content (AvgIpc) is 2.40. The third-order valence-electron chi connectivity index (χ3n) is 2.47. The Balaban J connectivity index is 0.00000180. The minimum Gasteiger partial charge on any atom is -0.497 e. The van der Waals surface area contributed by atoms with E-state index in [1.165, 1.54) is 0 Å². The number of nitrogen functional groups attached to an aromatic ring is 1. The maximum absolute atomic E-state index is 5.73. The van der Waals surface area contributed by atoms with Gasteiger partial charge < -0.3 is 19.9 Å². The van der Waals surface area contributed by atoms with Crippen LogP contribution in [0.15, 0.2) is 42.5 Å². The van der Waals surface area contributed by atoms with E-state index < -0.39 is 0 Å². The van der Waals surface area contributed by atoms with Crippen LogP contribution in [-0.2, 0) is 0 Å². The predicted molar refractivity (Wildman–Crippen MR) is 77.7 cm³/mol. The van der Waals surface area contributed by atoms with E-state index in [0.29, 0.717) is 22.9 Å². The van der Waals surface area contributed by atoms with Crippen molar-refractivity contribution in [3.8, 4) is 23.0 Å². The monoisotopic (exact) mass is 281 g/mol. The summed E-state index contributed by atoms with van der Waals surface area (Å²) in [5, 5.41) is 0. The fourth-order valence-corrected chi connectivity index (χ4v) is 1.54. The van der Waals surface area contributed by atoms with Gasteiger partial charge in [-0.2, -0.15) is 0 Å². The van der Waals surface area contributed by atoms with Crippen molar-refractivity contribution in [3.05, 3.63) is 42.5 Å². The molecule has 2 aromatic carbocycles. The van der Waals surface area contributed by atoms with Crippen LogP contribution < -0.4 is 19.9 Å². The van der Waals surface area contributed by atoms with Gasteiger partial charge in [-0.3, -0.25) is 0 Å². The molecule has 5 heteroatoms. The van der Waals surface area contributed by atoms with Crippen molar-refractivity contribution in [1.29, 1.82) is 0 Å². The molecule has 0 aromatic heterocycles. The molecule has 0 atom stereocenters. The first-order chi connectivity index (χ1) is 8.72. The quantitative estimate of drug-likeness (QED) is 0.872. The molecule has 2 aromatic rings.